The number of nitrogens with zero attached hydrogens (tertiary/aromatic N) is 2. The van der Waals surface area contributed by atoms with Gasteiger partial charge in [0.05, 0.1) is 6.54 Å². The predicted octanol–water partition coefficient (Wildman–Crippen LogP) is 1.41. The van der Waals surface area contributed by atoms with Gasteiger partial charge in [-0.15, -0.1) is 10.2 Å². The van der Waals surface area contributed by atoms with Gasteiger partial charge in [-0.25, -0.2) is 0 Å². The minimum absolute atomic E-state index is 0.226. The summed E-state index contributed by atoms with van der Waals surface area (Å²) in [7, 11) is 0. The highest BCUT2D eigenvalue weighted by Gasteiger charge is 2.09. The standard InChI is InChI=1S/C13H12N4OS/c1-9-5-10(3-2-4-14)7-11(6-9)12(18)16-13-17-15-8-19-13/h5-8H,4,14H2,1H3,(H,16,17,18). The summed E-state index contributed by atoms with van der Waals surface area (Å²) in [6, 6.07) is 5.43. The van der Waals surface area contributed by atoms with Crippen molar-refractivity contribution in [2.75, 3.05) is 11.9 Å². The molecule has 0 saturated carbocycles. The first kappa shape index (κ1) is 13.2. The highest BCUT2D eigenvalue weighted by Crippen LogP contribution is 2.13. The third-order valence-electron chi connectivity index (χ3n) is 2.25. The first-order chi connectivity index (χ1) is 9.19. The van der Waals surface area contributed by atoms with Crippen LogP contribution in [0.4, 0.5) is 5.13 Å². The second-order valence-electron chi connectivity index (χ2n) is 3.79. The second-order valence-corrected chi connectivity index (χ2v) is 4.62. The zero-order valence-electron chi connectivity index (χ0n) is 10.3. The fourth-order valence-corrected chi connectivity index (χ4v) is 1.98. The number of aryl methyl sites for hydroxylation is 1. The van der Waals surface area contributed by atoms with Gasteiger partial charge in [0.1, 0.15) is 5.51 Å². The van der Waals surface area contributed by atoms with Crippen LogP contribution < -0.4 is 11.1 Å². The number of nitrogens with one attached hydrogen (secondary N) is 1. The molecule has 5 nitrogen and oxygen atoms in total. The van der Waals surface area contributed by atoms with Crippen molar-refractivity contribution in [1.82, 2.24) is 10.2 Å². The van der Waals surface area contributed by atoms with E-state index in [9.17, 15) is 4.79 Å². The third kappa shape index (κ3) is 3.61. The van der Waals surface area contributed by atoms with E-state index in [0.717, 1.165) is 11.1 Å². The van der Waals surface area contributed by atoms with Gasteiger partial charge < -0.3 is 5.73 Å². The van der Waals surface area contributed by atoms with Crippen LogP contribution in [0, 0.1) is 18.8 Å². The number of carbonyl (C=O) groups excluding carboxylic acids is 1. The molecule has 1 aromatic heterocycles. The summed E-state index contributed by atoms with van der Waals surface area (Å²) >= 11 is 1.27. The Hall–Kier alpha value is -2.23. The lowest BCUT2D eigenvalue weighted by atomic mass is 10.1. The predicted molar refractivity (Wildman–Crippen MR) is 75.0 cm³/mol. The van der Waals surface area contributed by atoms with Crippen molar-refractivity contribution in [3.63, 3.8) is 0 Å². The van der Waals surface area contributed by atoms with Crippen LogP contribution in [0.25, 0.3) is 0 Å². The zero-order chi connectivity index (χ0) is 13.7. The van der Waals surface area contributed by atoms with E-state index < -0.39 is 0 Å². The summed E-state index contributed by atoms with van der Waals surface area (Å²) in [6.45, 7) is 2.20. The highest BCUT2D eigenvalue weighted by atomic mass is 32.1. The molecule has 0 bridgehead atoms. The molecule has 2 rings (SSSR count). The van der Waals surface area contributed by atoms with Gasteiger partial charge in [0, 0.05) is 11.1 Å². The van der Waals surface area contributed by atoms with Crippen LogP contribution in [-0.2, 0) is 0 Å². The molecule has 0 fully saturated rings. The lowest BCUT2D eigenvalue weighted by molar-refractivity contribution is 0.102. The minimum Gasteiger partial charge on any atom is -0.320 e. The molecule has 0 unspecified atom stereocenters. The van der Waals surface area contributed by atoms with E-state index in [1.54, 1.807) is 17.6 Å². The Bertz CT molecular complexity index is 640. The van der Waals surface area contributed by atoms with Crippen molar-refractivity contribution < 1.29 is 4.79 Å². The lowest BCUT2D eigenvalue weighted by Gasteiger charge is -2.03. The number of carbonyl (C=O) groups is 1. The molecule has 0 atom stereocenters. The van der Waals surface area contributed by atoms with E-state index in [0.29, 0.717) is 17.2 Å². The van der Waals surface area contributed by atoms with E-state index in [-0.39, 0.29) is 5.91 Å². The van der Waals surface area contributed by atoms with Crippen LogP contribution >= 0.6 is 11.3 Å². The molecule has 19 heavy (non-hydrogen) atoms. The molecule has 0 saturated heterocycles. The molecule has 2 aromatic rings. The molecule has 0 aliphatic rings. The molecule has 0 radical (unpaired) electrons. The maximum atomic E-state index is 12.0. The molecule has 0 aliphatic heterocycles. The van der Waals surface area contributed by atoms with Crippen LogP contribution in [0.2, 0.25) is 0 Å². The van der Waals surface area contributed by atoms with Crippen LogP contribution in [0.15, 0.2) is 23.7 Å². The Morgan fingerprint density at radius 1 is 1.47 bits per heavy atom. The van der Waals surface area contributed by atoms with Gasteiger partial charge in [-0.2, -0.15) is 0 Å². The van der Waals surface area contributed by atoms with E-state index in [2.05, 4.69) is 27.4 Å². The first-order valence-electron chi connectivity index (χ1n) is 5.57. The van der Waals surface area contributed by atoms with Crippen molar-refractivity contribution in [1.29, 1.82) is 0 Å². The largest absolute Gasteiger partial charge is 0.320 e. The summed E-state index contributed by atoms with van der Waals surface area (Å²) in [5, 5.41) is 10.6. The van der Waals surface area contributed by atoms with Gasteiger partial charge in [0.2, 0.25) is 5.13 Å². The number of hydrogen-bond donors (Lipinski definition) is 2. The number of hydrogen-bond acceptors (Lipinski definition) is 5. The molecule has 0 spiro atoms. The Morgan fingerprint density at radius 2 is 2.32 bits per heavy atom. The minimum atomic E-state index is -0.226. The Labute approximate surface area is 114 Å². The van der Waals surface area contributed by atoms with Crippen LogP contribution in [0.1, 0.15) is 21.5 Å². The van der Waals surface area contributed by atoms with Gasteiger partial charge in [-0.05, 0) is 30.7 Å². The number of nitrogens with two attached hydrogens (primary N) is 1. The van der Waals surface area contributed by atoms with Crippen LogP contribution in [-0.4, -0.2) is 22.6 Å². The van der Waals surface area contributed by atoms with E-state index in [4.69, 9.17) is 5.73 Å². The summed E-state index contributed by atoms with van der Waals surface area (Å²) < 4.78 is 0. The molecular weight excluding hydrogens is 260 g/mol. The number of benzene rings is 1. The average Bonchev–Trinajstić information content (AvgIpc) is 2.88. The second kappa shape index (κ2) is 6.09. The van der Waals surface area contributed by atoms with Gasteiger partial charge in [0.15, 0.2) is 0 Å². The Kier molecular flexibility index (Phi) is 4.23. The third-order valence-corrected chi connectivity index (χ3v) is 2.86. The summed E-state index contributed by atoms with van der Waals surface area (Å²) in [5.41, 5.74) is 9.17. The molecule has 0 aliphatic carbocycles. The number of aromatic nitrogens is 2. The van der Waals surface area contributed by atoms with Crippen molar-refractivity contribution in [3.8, 4) is 11.8 Å². The van der Waals surface area contributed by atoms with E-state index in [1.807, 2.05) is 13.0 Å². The number of anilines is 1. The SMILES string of the molecule is Cc1cc(C#CCN)cc(C(=O)Nc2nncs2)c1. The van der Waals surface area contributed by atoms with Crippen molar-refractivity contribution >= 4 is 22.4 Å². The number of amides is 1. The summed E-state index contributed by atoms with van der Waals surface area (Å²) in [6.07, 6.45) is 0. The molecule has 1 aromatic carbocycles. The van der Waals surface area contributed by atoms with Crippen molar-refractivity contribution in [2.45, 2.75) is 6.92 Å². The van der Waals surface area contributed by atoms with Crippen molar-refractivity contribution in [2.24, 2.45) is 5.73 Å². The quantitative estimate of drug-likeness (QED) is 0.810. The first-order valence-corrected chi connectivity index (χ1v) is 6.45. The fourth-order valence-electron chi connectivity index (χ4n) is 1.54. The van der Waals surface area contributed by atoms with Gasteiger partial charge in [-0.3, -0.25) is 10.1 Å². The molecule has 3 N–H and O–H groups in total. The fraction of sp³-hybridized carbons (Fsp3) is 0.154. The van der Waals surface area contributed by atoms with Gasteiger partial charge in [-0.1, -0.05) is 23.2 Å². The van der Waals surface area contributed by atoms with Gasteiger partial charge >= 0.3 is 0 Å². The zero-order valence-corrected chi connectivity index (χ0v) is 11.1. The summed E-state index contributed by atoms with van der Waals surface area (Å²) in [4.78, 5) is 12.0. The Balaban J connectivity index is 2.24. The van der Waals surface area contributed by atoms with Crippen LogP contribution in [0.5, 0.6) is 0 Å². The van der Waals surface area contributed by atoms with Gasteiger partial charge in [0.25, 0.3) is 5.91 Å². The van der Waals surface area contributed by atoms with E-state index in [1.165, 1.54) is 11.3 Å². The molecule has 1 amide bonds. The lowest BCUT2D eigenvalue weighted by Crippen LogP contribution is -2.12. The smallest absolute Gasteiger partial charge is 0.257 e. The number of rotatable bonds is 2. The molecule has 1 heterocycles. The molecule has 6 heteroatoms. The Morgan fingerprint density at radius 3 is 3.00 bits per heavy atom. The van der Waals surface area contributed by atoms with Crippen LogP contribution in [0.3, 0.4) is 0 Å². The highest BCUT2D eigenvalue weighted by molar-refractivity contribution is 7.13. The monoisotopic (exact) mass is 272 g/mol. The molecule has 96 valence electrons. The van der Waals surface area contributed by atoms with E-state index >= 15 is 0 Å². The molecular formula is C13H12N4OS. The topological polar surface area (TPSA) is 80.9 Å². The summed E-state index contributed by atoms with van der Waals surface area (Å²) in [5.74, 6) is 5.46. The maximum absolute atomic E-state index is 12.0. The normalized spacial score (nSPS) is 9.58. The van der Waals surface area contributed by atoms with Crippen molar-refractivity contribution in [3.05, 3.63) is 40.4 Å². The maximum Gasteiger partial charge on any atom is 0.257 e. The average molecular weight is 272 g/mol.